The molecule has 0 bridgehead atoms. The smallest absolute Gasteiger partial charge is 0.309 e. The minimum absolute atomic E-state index is 0.468. The van der Waals surface area contributed by atoms with Crippen molar-refractivity contribution in [2.45, 2.75) is 18.5 Å². The van der Waals surface area contributed by atoms with E-state index in [1.807, 2.05) is 123 Å². The van der Waals surface area contributed by atoms with Crippen LogP contribution in [-0.2, 0) is 18.5 Å². The minimum Gasteiger partial charge on any atom is -0.309 e. The lowest BCUT2D eigenvalue weighted by atomic mass is 10.1. The predicted octanol–water partition coefficient (Wildman–Crippen LogP) is 15.6. The SMILES string of the molecule is FC(F)(F)c1ccc(-c2cc3c(c4cc(-c5ccc(C(F)(F)F)cc5)n(-c5ccccc5)c4c4cc(-c5ccc(C(F)(F)F)cc5)n(-c5ccccc5)c34)n2-c2ccccc2)cc1. The van der Waals surface area contributed by atoms with E-state index in [1.165, 1.54) is 36.4 Å². The Morgan fingerprint density at radius 2 is 0.492 bits per heavy atom. The number of rotatable bonds is 6. The topological polar surface area (TPSA) is 14.8 Å². The second-order valence-corrected chi connectivity index (χ2v) is 15.1. The van der Waals surface area contributed by atoms with Gasteiger partial charge in [0.1, 0.15) is 0 Å². The molecule has 0 radical (unpaired) electrons. The van der Waals surface area contributed by atoms with Gasteiger partial charge in [-0.1, -0.05) is 91.0 Å². The lowest BCUT2D eigenvalue weighted by molar-refractivity contribution is -0.138. The normalized spacial score (nSPS) is 12.5. The molecule has 3 heterocycles. The van der Waals surface area contributed by atoms with Gasteiger partial charge in [-0.15, -0.1) is 0 Å². The van der Waals surface area contributed by atoms with Crippen molar-refractivity contribution < 1.29 is 39.5 Å². The molecular formula is C51H30F9N3. The highest BCUT2D eigenvalue weighted by Gasteiger charge is 2.33. The summed E-state index contributed by atoms with van der Waals surface area (Å²) in [5.74, 6) is 0. The molecule has 0 N–H and O–H groups in total. The Morgan fingerprint density at radius 3 is 0.698 bits per heavy atom. The Balaban J connectivity index is 1.43. The van der Waals surface area contributed by atoms with Gasteiger partial charge >= 0.3 is 18.5 Å². The van der Waals surface area contributed by atoms with Crippen LogP contribution in [0.15, 0.2) is 182 Å². The first-order valence-corrected chi connectivity index (χ1v) is 19.6. The van der Waals surface area contributed by atoms with Gasteiger partial charge in [-0.05, 0) is 108 Å². The number of benzene rings is 7. The van der Waals surface area contributed by atoms with Crippen molar-refractivity contribution in [3.8, 4) is 50.8 Å². The van der Waals surface area contributed by atoms with Crippen LogP contribution in [-0.4, -0.2) is 13.7 Å². The van der Waals surface area contributed by atoms with E-state index in [0.717, 1.165) is 36.4 Å². The van der Waals surface area contributed by atoms with Crippen LogP contribution in [0, 0.1) is 0 Å². The zero-order valence-electron chi connectivity index (χ0n) is 32.6. The highest BCUT2D eigenvalue weighted by molar-refractivity contribution is 6.27. The molecule has 0 aliphatic heterocycles. The van der Waals surface area contributed by atoms with Gasteiger partial charge in [0.2, 0.25) is 0 Å². The molecule has 0 amide bonds. The lowest BCUT2D eigenvalue weighted by Crippen LogP contribution is -2.04. The Kier molecular flexibility index (Phi) is 9.18. The van der Waals surface area contributed by atoms with E-state index < -0.39 is 35.2 Å². The summed E-state index contributed by atoms with van der Waals surface area (Å²) in [5.41, 5.74) is 4.49. The van der Waals surface area contributed by atoms with Crippen LogP contribution in [0.25, 0.3) is 83.5 Å². The molecule has 0 saturated carbocycles. The number of fused-ring (bicyclic) bond motifs is 6. The molecule has 3 aromatic heterocycles. The number of nitrogens with zero attached hydrogens (tertiary/aromatic N) is 3. The number of para-hydroxylation sites is 3. The summed E-state index contributed by atoms with van der Waals surface area (Å²) in [7, 11) is 0. The summed E-state index contributed by atoms with van der Waals surface area (Å²) >= 11 is 0. The molecule has 312 valence electrons. The molecule has 0 unspecified atom stereocenters. The highest BCUT2D eigenvalue weighted by Crippen LogP contribution is 2.48. The summed E-state index contributed by atoms with van der Waals surface area (Å²) < 4.78 is 131. The highest BCUT2D eigenvalue weighted by atomic mass is 19.4. The van der Waals surface area contributed by atoms with Gasteiger partial charge in [-0.3, -0.25) is 0 Å². The fraction of sp³-hybridized carbons (Fsp3) is 0.0588. The molecule has 0 atom stereocenters. The van der Waals surface area contributed by atoms with Crippen LogP contribution >= 0.6 is 0 Å². The number of alkyl halides is 9. The summed E-state index contributed by atoms with van der Waals surface area (Å²) in [6, 6.07) is 48.1. The third-order valence-corrected chi connectivity index (χ3v) is 11.3. The van der Waals surface area contributed by atoms with Crippen molar-refractivity contribution >= 4 is 32.7 Å². The second-order valence-electron chi connectivity index (χ2n) is 15.1. The first-order chi connectivity index (χ1) is 30.2. The van der Waals surface area contributed by atoms with E-state index in [4.69, 9.17) is 0 Å². The maximum absolute atomic E-state index is 13.9. The molecule has 7 aromatic carbocycles. The summed E-state index contributed by atoms with van der Waals surface area (Å²) in [4.78, 5) is 0. The fourth-order valence-electron chi connectivity index (χ4n) is 8.53. The monoisotopic (exact) mass is 855 g/mol. The van der Waals surface area contributed by atoms with Crippen LogP contribution in [0.3, 0.4) is 0 Å². The van der Waals surface area contributed by atoms with Gasteiger partial charge in [0.15, 0.2) is 0 Å². The predicted molar refractivity (Wildman–Crippen MR) is 228 cm³/mol. The van der Waals surface area contributed by atoms with Gasteiger partial charge in [0.25, 0.3) is 0 Å². The molecule has 0 aliphatic rings. The van der Waals surface area contributed by atoms with Gasteiger partial charge in [0.05, 0.1) is 50.3 Å². The van der Waals surface area contributed by atoms with Crippen molar-refractivity contribution in [2.75, 3.05) is 0 Å². The quantitative estimate of drug-likeness (QED) is 0.148. The first kappa shape index (κ1) is 39.7. The molecular weight excluding hydrogens is 826 g/mol. The molecule has 10 aromatic rings. The standard InChI is InChI=1S/C51H30F9N3/c52-49(53,54)34-22-16-31(17-23-34)43-28-40-46(61(43)37-10-4-1-5-11-37)41-29-44(32-18-24-35(25-19-32)50(55,56)57)62(38-12-6-2-7-13-38)48(41)42-30-45(33-20-26-36(27-21-33)51(58,59)60)63(47(40)42)39-14-8-3-9-15-39/h1-30H. The zero-order valence-corrected chi connectivity index (χ0v) is 32.6. The average molecular weight is 856 g/mol. The molecule has 3 nitrogen and oxygen atoms in total. The average Bonchev–Trinajstić information content (AvgIpc) is 3.99. The zero-order chi connectivity index (χ0) is 43.8. The van der Waals surface area contributed by atoms with Crippen LogP contribution in [0.1, 0.15) is 16.7 Å². The van der Waals surface area contributed by atoms with Crippen LogP contribution < -0.4 is 0 Å². The van der Waals surface area contributed by atoms with Crippen molar-refractivity contribution in [3.63, 3.8) is 0 Å². The molecule has 12 heteroatoms. The second kappa shape index (κ2) is 14.6. The Hall–Kier alpha value is -7.47. The summed E-state index contributed by atoms with van der Waals surface area (Å²) in [6.45, 7) is 0. The van der Waals surface area contributed by atoms with Crippen LogP contribution in [0.2, 0.25) is 0 Å². The van der Waals surface area contributed by atoms with Crippen molar-refractivity contribution in [1.29, 1.82) is 0 Å². The first-order valence-electron chi connectivity index (χ1n) is 19.6. The van der Waals surface area contributed by atoms with E-state index in [0.29, 0.717) is 83.5 Å². The number of hydrogen-bond donors (Lipinski definition) is 0. The molecule has 0 spiro atoms. The van der Waals surface area contributed by atoms with E-state index in [1.54, 1.807) is 0 Å². The van der Waals surface area contributed by atoms with Gasteiger partial charge in [0, 0.05) is 33.2 Å². The summed E-state index contributed by atoms with van der Waals surface area (Å²) in [6.07, 6.45) is -13.7. The molecule has 0 saturated heterocycles. The van der Waals surface area contributed by atoms with E-state index in [2.05, 4.69) is 0 Å². The lowest BCUT2D eigenvalue weighted by Gasteiger charge is -2.16. The molecule has 0 aliphatic carbocycles. The molecule has 63 heavy (non-hydrogen) atoms. The number of hydrogen-bond acceptors (Lipinski definition) is 0. The third kappa shape index (κ3) is 6.82. The molecule has 10 rings (SSSR count). The van der Waals surface area contributed by atoms with Gasteiger partial charge in [-0.2, -0.15) is 39.5 Å². The van der Waals surface area contributed by atoms with E-state index in [-0.39, 0.29) is 0 Å². The molecule has 0 fully saturated rings. The van der Waals surface area contributed by atoms with Crippen LogP contribution in [0.5, 0.6) is 0 Å². The maximum atomic E-state index is 13.9. The minimum atomic E-state index is -4.58. The Bertz CT molecular complexity index is 2900. The van der Waals surface area contributed by atoms with Gasteiger partial charge < -0.3 is 13.7 Å². The van der Waals surface area contributed by atoms with Crippen molar-refractivity contribution in [2.24, 2.45) is 0 Å². The van der Waals surface area contributed by atoms with E-state index in [9.17, 15) is 39.5 Å². The van der Waals surface area contributed by atoms with E-state index >= 15 is 0 Å². The number of halogens is 9. The Labute approximate surface area is 353 Å². The number of aromatic nitrogens is 3. The maximum Gasteiger partial charge on any atom is 0.416 e. The fourth-order valence-corrected chi connectivity index (χ4v) is 8.53. The third-order valence-electron chi connectivity index (χ3n) is 11.3. The van der Waals surface area contributed by atoms with Crippen molar-refractivity contribution in [1.82, 2.24) is 13.7 Å². The van der Waals surface area contributed by atoms with Gasteiger partial charge in [-0.25, -0.2) is 0 Å². The largest absolute Gasteiger partial charge is 0.416 e. The van der Waals surface area contributed by atoms with Crippen LogP contribution in [0.4, 0.5) is 39.5 Å². The summed E-state index contributed by atoms with van der Waals surface area (Å²) in [5, 5.41) is 1.97. The van der Waals surface area contributed by atoms with Crippen molar-refractivity contribution in [3.05, 3.63) is 199 Å². The Morgan fingerprint density at radius 1 is 0.270 bits per heavy atom.